The zero-order chi connectivity index (χ0) is 21.4. The number of aryl methyl sites for hydroxylation is 1. The summed E-state index contributed by atoms with van der Waals surface area (Å²) < 4.78 is 8.59. The van der Waals surface area contributed by atoms with Crippen molar-refractivity contribution in [3.63, 3.8) is 0 Å². The number of nitrogens with zero attached hydrogens (tertiary/aromatic N) is 4. The standard InChI is InChI=1S/C25H20N4O2/c1-17-8-10-18(11-9-17)24-26-23-22(16-28(27-23)19-6-4-3-5-7-19)25(30)29(24)20-12-14-21(31-2)15-13-20/h3-16H,1-2H3. The quantitative estimate of drug-likeness (QED) is 0.438. The van der Waals surface area contributed by atoms with Crippen LogP contribution < -0.4 is 10.3 Å². The Morgan fingerprint density at radius 2 is 1.55 bits per heavy atom. The van der Waals surface area contributed by atoms with E-state index >= 15 is 0 Å². The van der Waals surface area contributed by atoms with Gasteiger partial charge >= 0.3 is 0 Å². The maximum absolute atomic E-state index is 13.6. The second kappa shape index (κ2) is 7.57. The minimum absolute atomic E-state index is 0.173. The van der Waals surface area contributed by atoms with Crippen LogP contribution in [0.1, 0.15) is 5.56 Å². The number of methoxy groups -OCH3 is 1. The molecule has 0 amide bonds. The predicted molar refractivity (Wildman–Crippen MR) is 121 cm³/mol. The largest absolute Gasteiger partial charge is 0.497 e. The molecule has 0 saturated carbocycles. The fourth-order valence-electron chi connectivity index (χ4n) is 3.55. The molecule has 0 aliphatic heterocycles. The molecule has 0 radical (unpaired) electrons. The Labute approximate surface area is 179 Å². The van der Waals surface area contributed by atoms with E-state index in [-0.39, 0.29) is 5.56 Å². The number of aromatic nitrogens is 4. The number of para-hydroxylation sites is 1. The molecular formula is C25H20N4O2. The molecule has 0 saturated heterocycles. The Bertz CT molecular complexity index is 1420. The molecule has 2 heterocycles. The number of hydrogen-bond acceptors (Lipinski definition) is 4. The number of fused-ring (bicyclic) bond motifs is 1. The third-order valence-electron chi connectivity index (χ3n) is 5.21. The SMILES string of the molecule is COc1ccc(-n2c(-c3ccc(C)cc3)nc3nn(-c4ccccc4)cc3c2=O)cc1. The van der Waals surface area contributed by atoms with E-state index in [1.54, 1.807) is 22.6 Å². The van der Waals surface area contributed by atoms with Crippen LogP contribution in [0.5, 0.6) is 5.75 Å². The van der Waals surface area contributed by atoms with Crippen molar-refractivity contribution in [2.75, 3.05) is 7.11 Å². The Morgan fingerprint density at radius 3 is 2.23 bits per heavy atom. The zero-order valence-electron chi connectivity index (χ0n) is 17.2. The number of benzene rings is 3. The average molecular weight is 408 g/mol. The molecule has 31 heavy (non-hydrogen) atoms. The van der Waals surface area contributed by atoms with Crippen LogP contribution in [-0.2, 0) is 0 Å². The molecule has 0 fully saturated rings. The number of hydrogen-bond donors (Lipinski definition) is 0. The van der Waals surface area contributed by atoms with Crippen molar-refractivity contribution in [2.24, 2.45) is 0 Å². The van der Waals surface area contributed by atoms with E-state index in [9.17, 15) is 4.79 Å². The summed E-state index contributed by atoms with van der Waals surface area (Å²) in [5.41, 5.74) is 3.80. The molecule has 0 unspecified atom stereocenters. The molecule has 5 rings (SSSR count). The fourth-order valence-corrected chi connectivity index (χ4v) is 3.55. The third kappa shape index (κ3) is 3.38. The van der Waals surface area contributed by atoms with Crippen LogP contribution in [0.15, 0.2) is 89.9 Å². The van der Waals surface area contributed by atoms with E-state index < -0.39 is 0 Å². The summed E-state index contributed by atoms with van der Waals surface area (Å²) in [5.74, 6) is 1.26. The van der Waals surface area contributed by atoms with Gasteiger partial charge in [0, 0.05) is 11.8 Å². The molecule has 0 aliphatic carbocycles. The Balaban J connectivity index is 1.79. The first-order valence-electron chi connectivity index (χ1n) is 9.93. The minimum atomic E-state index is -0.173. The van der Waals surface area contributed by atoms with Crippen LogP contribution in [0.3, 0.4) is 0 Å². The third-order valence-corrected chi connectivity index (χ3v) is 5.21. The molecule has 0 N–H and O–H groups in total. The molecule has 6 heteroatoms. The first-order valence-corrected chi connectivity index (χ1v) is 9.93. The first kappa shape index (κ1) is 18.8. The van der Waals surface area contributed by atoms with Gasteiger partial charge in [-0.1, -0.05) is 48.0 Å². The average Bonchev–Trinajstić information content (AvgIpc) is 3.25. The van der Waals surface area contributed by atoms with E-state index in [0.29, 0.717) is 22.5 Å². The first-order chi connectivity index (χ1) is 15.1. The Kier molecular flexibility index (Phi) is 4.59. The lowest BCUT2D eigenvalue weighted by atomic mass is 10.1. The van der Waals surface area contributed by atoms with E-state index in [0.717, 1.165) is 22.6 Å². The summed E-state index contributed by atoms with van der Waals surface area (Å²) >= 11 is 0. The molecule has 152 valence electrons. The van der Waals surface area contributed by atoms with Crippen molar-refractivity contribution in [3.05, 3.63) is 101 Å². The number of ether oxygens (including phenoxy) is 1. The van der Waals surface area contributed by atoms with Gasteiger partial charge in [-0.3, -0.25) is 9.36 Å². The van der Waals surface area contributed by atoms with Gasteiger partial charge in [-0.2, -0.15) is 0 Å². The molecule has 0 bridgehead atoms. The highest BCUT2D eigenvalue weighted by Gasteiger charge is 2.17. The van der Waals surface area contributed by atoms with E-state index in [2.05, 4.69) is 5.10 Å². The molecular weight excluding hydrogens is 388 g/mol. The predicted octanol–water partition coefficient (Wildman–Crippen LogP) is 4.56. The molecule has 3 aromatic carbocycles. The Morgan fingerprint density at radius 1 is 0.839 bits per heavy atom. The Hall–Kier alpha value is -4.19. The summed E-state index contributed by atoms with van der Waals surface area (Å²) in [6, 6.07) is 25.0. The second-order valence-electron chi connectivity index (χ2n) is 7.29. The summed E-state index contributed by atoms with van der Waals surface area (Å²) in [6.45, 7) is 2.03. The lowest BCUT2D eigenvalue weighted by Gasteiger charge is -2.13. The summed E-state index contributed by atoms with van der Waals surface area (Å²) in [6.07, 6.45) is 1.74. The van der Waals surface area contributed by atoms with E-state index in [1.165, 1.54) is 0 Å². The van der Waals surface area contributed by atoms with Crippen molar-refractivity contribution >= 4 is 11.0 Å². The van der Waals surface area contributed by atoms with Gasteiger partial charge in [-0.05, 0) is 43.3 Å². The molecule has 0 aliphatic rings. The van der Waals surface area contributed by atoms with Crippen molar-refractivity contribution in [2.45, 2.75) is 6.92 Å². The maximum atomic E-state index is 13.6. The molecule has 0 atom stereocenters. The maximum Gasteiger partial charge on any atom is 0.269 e. The van der Waals surface area contributed by atoms with Crippen molar-refractivity contribution in [3.8, 4) is 28.5 Å². The van der Waals surface area contributed by atoms with E-state index in [4.69, 9.17) is 9.72 Å². The molecule has 0 spiro atoms. The van der Waals surface area contributed by atoms with Crippen LogP contribution >= 0.6 is 0 Å². The van der Waals surface area contributed by atoms with Gasteiger partial charge in [-0.25, -0.2) is 9.67 Å². The normalized spacial score (nSPS) is 11.0. The van der Waals surface area contributed by atoms with Crippen molar-refractivity contribution in [1.82, 2.24) is 19.3 Å². The van der Waals surface area contributed by atoms with Gasteiger partial charge in [0.15, 0.2) is 5.65 Å². The van der Waals surface area contributed by atoms with Crippen LogP contribution in [0.25, 0.3) is 33.8 Å². The highest BCUT2D eigenvalue weighted by Crippen LogP contribution is 2.24. The van der Waals surface area contributed by atoms with Crippen LogP contribution in [0.2, 0.25) is 0 Å². The summed E-state index contributed by atoms with van der Waals surface area (Å²) in [7, 11) is 1.62. The highest BCUT2D eigenvalue weighted by atomic mass is 16.5. The summed E-state index contributed by atoms with van der Waals surface area (Å²) in [5, 5.41) is 5.04. The summed E-state index contributed by atoms with van der Waals surface area (Å²) in [4.78, 5) is 18.4. The van der Waals surface area contributed by atoms with Gasteiger partial charge in [0.25, 0.3) is 5.56 Å². The lowest BCUT2D eigenvalue weighted by molar-refractivity contribution is 0.414. The second-order valence-corrected chi connectivity index (χ2v) is 7.29. The van der Waals surface area contributed by atoms with Crippen LogP contribution in [-0.4, -0.2) is 26.4 Å². The van der Waals surface area contributed by atoms with Gasteiger partial charge in [0.05, 0.1) is 18.5 Å². The van der Waals surface area contributed by atoms with Gasteiger partial charge < -0.3 is 4.74 Å². The molecule has 6 nitrogen and oxygen atoms in total. The molecule has 2 aromatic heterocycles. The monoisotopic (exact) mass is 408 g/mol. The smallest absolute Gasteiger partial charge is 0.269 e. The van der Waals surface area contributed by atoms with Crippen molar-refractivity contribution < 1.29 is 4.74 Å². The van der Waals surface area contributed by atoms with Crippen LogP contribution in [0, 0.1) is 6.92 Å². The van der Waals surface area contributed by atoms with Gasteiger partial charge in [-0.15, -0.1) is 5.10 Å². The van der Waals surface area contributed by atoms with Crippen molar-refractivity contribution in [1.29, 1.82) is 0 Å². The molecule has 5 aromatic rings. The lowest BCUT2D eigenvalue weighted by Crippen LogP contribution is -2.21. The van der Waals surface area contributed by atoms with Gasteiger partial charge in [0.2, 0.25) is 0 Å². The minimum Gasteiger partial charge on any atom is -0.497 e. The van der Waals surface area contributed by atoms with Crippen LogP contribution in [0.4, 0.5) is 0 Å². The number of rotatable bonds is 4. The van der Waals surface area contributed by atoms with E-state index in [1.807, 2.05) is 85.8 Å². The fraction of sp³-hybridized carbons (Fsp3) is 0.0800. The zero-order valence-corrected chi connectivity index (χ0v) is 17.2. The topological polar surface area (TPSA) is 61.9 Å². The van der Waals surface area contributed by atoms with Gasteiger partial charge in [0.1, 0.15) is 17.0 Å². The highest BCUT2D eigenvalue weighted by molar-refractivity contribution is 5.77.